The molecule has 1 unspecified atom stereocenters. The lowest BCUT2D eigenvalue weighted by Crippen LogP contribution is -2.51. The van der Waals surface area contributed by atoms with E-state index < -0.39 is 11.6 Å². The zero-order chi connectivity index (χ0) is 23.1. The molecule has 1 aliphatic heterocycles. The first-order valence-corrected chi connectivity index (χ1v) is 10.7. The van der Waals surface area contributed by atoms with Crippen LogP contribution in [0, 0.1) is 6.92 Å². The quantitative estimate of drug-likeness (QED) is 0.790. The molecule has 7 heteroatoms. The fraction of sp³-hybridized carbons (Fsp3) is 0.500. The standard InChI is InChI=1S/C24H33N3O4/c1-15(2)31-23(30)25-12-17(4)27(18(5)29)21-9-8-19(11-22(21)25)20-10-16(3)26(13-20)24(6,7)14-28/h8-11,13,15,17,28H,12,14H2,1-7H3. The second kappa shape index (κ2) is 8.38. The Bertz CT molecular complexity index is 993. The summed E-state index contributed by atoms with van der Waals surface area (Å²) in [6.45, 7) is 13.4. The topological polar surface area (TPSA) is 75.0 Å². The number of amides is 2. The summed E-state index contributed by atoms with van der Waals surface area (Å²) in [5, 5.41) is 9.77. The number of aryl methyl sites for hydroxylation is 1. The number of aliphatic hydroxyl groups is 1. The highest BCUT2D eigenvalue weighted by molar-refractivity contribution is 6.03. The van der Waals surface area contributed by atoms with Crippen LogP contribution in [0.25, 0.3) is 11.1 Å². The van der Waals surface area contributed by atoms with Crippen LogP contribution in [0.2, 0.25) is 0 Å². The number of fused-ring (bicyclic) bond motifs is 1. The van der Waals surface area contributed by atoms with E-state index in [0.717, 1.165) is 16.8 Å². The molecule has 3 rings (SSSR count). The lowest BCUT2D eigenvalue weighted by atomic mass is 10.0. The molecule has 0 bridgehead atoms. The summed E-state index contributed by atoms with van der Waals surface area (Å²) >= 11 is 0. The van der Waals surface area contributed by atoms with Crippen LogP contribution in [-0.2, 0) is 15.1 Å². The van der Waals surface area contributed by atoms with Crippen molar-refractivity contribution in [3.8, 4) is 11.1 Å². The van der Waals surface area contributed by atoms with Crippen molar-refractivity contribution in [2.45, 2.75) is 66.2 Å². The van der Waals surface area contributed by atoms with E-state index in [1.54, 1.807) is 9.80 Å². The first kappa shape index (κ1) is 22.9. The van der Waals surface area contributed by atoms with Gasteiger partial charge in [0.25, 0.3) is 0 Å². The molecule has 2 amide bonds. The van der Waals surface area contributed by atoms with Crippen molar-refractivity contribution in [2.75, 3.05) is 23.0 Å². The van der Waals surface area contributed by atoms with Crippen molar-refractivity contribution in [3.63, 3.8) is 0 Å². The molecule has 1 aromatic carbocycles. The third-order valence-corrected chi connectivity index (χ3v) is 5.69. The fourth-order valence-corrected chi connectivity index (χ4v) is 4.18. The summed E-state index contributed by atoms with van der Waals surface area (Å²) in [7, 11) is 0. The average molecular weight is 428 g/mol. The summed E-state index contributed by atoms with van der Waals surface area (Å²) in [6.07, 6.45) is 1.36. The highest BCUT2D eigenvalue weighted by atomic mass is 16.6. The van der Waals surface area contributed by atoms with Crippen LogP contribution in [0.3, 0.4) is 0 Å². The Hall–Kier alpha value is -2.80. The van der Waals surface area contributed by atoms with Crippen LogP contribution in [0.5, 0.6) is 0 Å². The normalized spacial score (nSPS) is 16.5. The van der Waals surface area contributed by atoms with Gasteiger partial charge in [-0.3, -0.25) is 9.69 Å². The van der Waals surface area contributed by atoms with Crippen molar-refractivity contribution in [3.05, 3.63) is 36.2 Å². The molecule has 0 spiro atoms. The van der Waals surface area contributed by atoms with Crippen molar-refractivity contribution in [2.24, 2.45) is 0 Å². The molecule has 1 aromatic heterocycles. The van der Waals surface area contributed by atoms with E-state index in [0.29, 0.717) is 17.9 Å². The number of carbonyl (C=O) groups is 2. The van der Waals surface area contributed by atoms with Gasteiger partial charge in [0, 0.05) is 25.4 Å². The zero-order valence-corrected chi connectivity index (χ0v) is 19.5. The molecule has 0 saturated carbocycles. The summed E-state index contributed by atoms with van der Waals surface area (Å²) in [5.74, 6) is -0.0648. The van der Waals surface area contributed by atoms with E-state index in [9.17, 15) is 14.7 Å². The maximum Gasteiger partial charge on any atom is 0.414 e. The molecule has 31 heavy (non-hydrogen) atoms. The molecular formula is C24H33N3O4. The number of rotatable bonds is 4. The number of anilines is 2. The van der Waals surface area contributed by atoms with Gasteiger partial charge in [0.15, 0.2) is 0 Å². The van der Waals surface area contributed by atoms with Gasteiger partial charge in [0.05, 0.1) is 35.7 Å². The largest absolute Gasteiger partial charge is 0.446 e. The molecule has 0 aliphatic carbocycles. The van der Waals surface area contributed by atoms with Gasteiger partial charge < -0.3 is 19.3 Å². The van der Waals surface area contributed by atoms with Gasteiger partial charge in [-0.25, -0.2) is 4.79 Å². The Kier molecular flexibility index (Phi) is 6.18. The highest BCUT2D eigenvalue weighted by Gasteiger charge is 2.35. The van der Waals surface area contributed by atoms with E-state index in [2.05, 4.69) is 10.6 Å². The van der Waals surface area contributed by atoms with E-state index >= 15 is 0 Å². The van der Waals surface area contributed by atoms with Crippen LogP contribution < -0.4 is 9.80 Å². The van der Waals surface area contributed by atoms with E-state index in [1.807, 2.05) is 65.9 Å². The number of benzene rings is 1. The minimum atomic E-state index is -0.426. The fourth-order valence-electron chi connectivity index (χ4n) is 4.18. The van der Waals surface area contributed by atoms with Gasteiger partial charge >= 0.3 is 6.09 Å². The number of hydrogen-bond donors (Lipinski definition) is 1. The number of nitrogens with zero attached hydrogens (tertiary/aromatic N) is 3. The van der Waals surface area contributed by atoms with Gasteiger partial charge in [0.2, 0.25) is 5.91 Å². The third kappa shape index (κ3) is 4.32. The zero-order valence-electron chi connectivity index (χ0n) is 19.5. The second-order valence-corrected chi connectivity index (χ2v) is 9.20. The highest BCUT2D eigenvalue weighted by Crippen LogP contribution is 2.40. The van der Waals surface area contributed by atoms with Gasteiger partial charge in [0.1, 0.15) is 0 Å². The number of carbonyl (C=O) groups excluding carboxylic acids is 2. The Balaban J connectivity index is 2.11. The Labute approximate surface area is 184 Å². The van der Waals surface area contributed by atoms with Gasteiger partial charge in [-0.15, -0.1) is 0 Å². The van der Waals surface area contributed by atoms with Crippen LogP contribution in [0.4, 0.5) is 16.2 Å². The Morgan fingerprint density at radius 2 is 1.87 bits per heavy atom. The predicted octanol–water partition coefficient (Wildman–Crippen LogP) is 4.30. The maximum atomic E-state index is 12.8. The van der Waals surface area contributed by atoms with Gasteiger partial charge in [-0.1, -0.05) is 6.07 Å². The average Bonchev–Trinajstić information content (AvgIpc) is 3.08. The second-order valence-electron chi connectivity index (χ2n) is 9.20. The molecule has 168 valence electrons. The lowest BCUT2D eigenvalue weighted by molar-refractivity contribution is -0.117. The van der Waals surface area contributed by atoms with E-state index in [1.165, 1.54) is 6.92 Å². The van der Waals surface area contributed by atoms with Gasteiger partial charge in [-0.2, -0.15) is 0 Å². The lowest BCUT2D eigenvalue weighted by Gasteiger charge is -2.40. The monoisotopic (exact) mass is 427 g/mol. The number of ether oxygens (including phenoxy) is 1. The van der Waals surface area contributed by atoms with Crippen LogP contribution >= 0.6 is 0 Å². The van der Waals surface area contributed by atoms with Crippen LogP contribution in [0.15, 0.2) is 30.5 Å². The SMILES string of the molecule is CC(=O)N1c2ccc(-c3cc(C)n(C(C)(C)CO)c3)cc2N(C(=O)OC(C)C)CC1C. The summed E-state index contributed by atoms with van der Waals surface area (Å²) in [4.78, 5) is 28.5. The van der Waals surface area contributed by atoms with E-state index in [4.69, 9.17) is 4.74 Å². The molecule has 2 aromatic rings. The van der Waals surface area contributed by atoms with Crippen molar-refractivity contribution in [1.29, 1.82) is 0 Å². The molecule has 7 nitrogen and oxygen atoms in total. The Morgan fingerprint density at radius 3 is 2.45 bits per heavy atom. The van der Waals surface area contributed by atoms with Crippen molar-refractivity contribution >= 4 is 23.4 Å². The number of aromatic nitrogens is 1. The van der Waals surface area contributed by atoms with E-state index in [-0.39, 0.29) is 24.7 Å². The first-order chi connectivity index (χ1) is 14.5. The molecule has 2 heterocycles. The Morgan fingerprint density at radius 1 is 1.19 bits per heavy atom. The van der Waals surface area contributed by atoms with Crippen LogP contribution in [-0.4, -0.2) is 47.0 Å². The molecule has 0 radical (unpaired) electrons. The third-order valence-electron chi connectivity index (χ3n) is 5.69. The molecule has 1 atom stereocenters. The van der Waals surface area contributed by atoms with Gasteiger partial charge in [-0.05, 0) is 70.9 Å². The maximum absolute atomic E-state index is 12.8. The molecule has 1 aliphatic rings. The molecule has 0 fully saturated rings. The summed E-state index contributed by atoms with van der Waals surface area (Å²) in [5.41, 5.74) is 3.86. The minimum Gasteiger partial charge on any atom is -0.446 e. The summed E-state index contributed by atoms with van der Waals surface area (Å²) in [6, 6.07) is 7.68. The molecule has 0 saturated heterocycles. The minimum absolute atomic E-state index is 0.0203. The smallest absolute Gasteiger partial charge is 0.414 e. The first-order valence-electron chi connectivity index (χ1n) is 10.7. The summed E-state index contributed by atoms with van der Waals surface area (Å²) < 4.78 is 7.52. The van der Waals surface area contributed by atoms with Crippen LogP contribution in [0.1, 0.15) is 47.2 Å². The molecular weight excluding hydrogens is 394 g/mol. The van der Waals surface area contributed by atoms with Crippen molar-refractivity contribution < 1.29 is 19.4 Å². The van der Waals surface area contributed by atoms with Crippen molar-refractivity contribution in [1.82, 2.24) is 4.57 Å². The number of aliphatic hydroxyl groups excluding tert-OH is 1. The predicted molar refractivity (Wildman–Crippen MR) is 123 cm³/mol. The number of hydrogen-bond acceptors (Lipinski definition) is 4. The molecule has 1 N–H and O–H groups in total.